The van der Waals surface area contributed by atoms with E-state index in [1.807, 2.05) is 6.92 Å². The lowest BCUT2D eigenvalue weighted by molar-refractivity contribution is 0.241. The third-order valence-corrected chi connectivity index (χ3v) is 0.963. The van der Waals surface area contributed by atoms with Gasteiger partial charge >= 0.3 is 6.03 Å². The molecular weight excluding hydrogens is 134 g/mol. The molecule has 0 saturated carbocycles. The van der Waals surface area contributed by atoms with Crippen molar-refractivity contribution in [1.82, 2.24) is 10.7 Å². The number of nitrogens with one attached hydrogen (secondary N) is 2. The third-order valence-electron chi connectivity index (χ3n) is 0.963. The molecule has 0 rings (SSSR count). The van der Waals surface area contributed by atoms with E-state index in [-0.39, 0.29) is 0 Å². The number of unbranched alkanes of at least 4 members (excludes halogenated alkanes) is 1. The van der Waals surface area contributed by atoms with E-state index < -0.39 is 6.03 Å². The molecule has 58 valence electrons. The van der Waals surface area contributed by atoms with Crippen LogP contribution in [0.25, 0.3) is 0 Å². The zero-order valence-electron chi connectivity index (χ0n) is 5.89. The summed E-state index contributed by atoms with van der Waals surface area (Å²) < 4.78 is 0. The Hall–Kier alpha value is -1.13. The van der Waals surface area contributed by atoms with E-state index >= 15 is 0 Å². The molecule has 0 aromatic carbocycles. The summed E-state index contributed by atoms with van der Waals surface area (Å²) in [6.07, 6.45) is 1.92. The number of rotatable bonds is 4. The summed E-state index contributed by atoms with van der Waals surface area (Å²) in [6.45, 7) is 2.59. The number of carbonyl (C=O) groups excluding carboxylic acids is 1. The summed E-state index contributed by atoms with van der Waals surface area (Å²) in [7, 11) is 0. The fourth-order valence-corrected chi connectivity index (χ4v) is 0.460. The summed E-state index contributed by atoms with van der Waals surface area (Å²) in [5.74, 6) is 0. The summed E-state index contributed by atoms with van der Waals surface area (Å²) in [4.78, 5) is 19.8. The molecule has 5 heteroatoms. The summed E-state index contributed by atoms with van der Waals surface area (Å²) in [5.41, 5.74) is 1.72. The maximum Gasteiger partial charge on any atom is 0.337 e. The van der Waals surface area contributed by atoms with Gasteiger partial charge in [0, 0.05) is 6.54 Å². The minimum atomic E-state index is -0.538. The van der Waals surface area contributed by atoms with Crippen LogP contribution >= 0.6 is 0 Å². The lowest BCUT2D eigenvalue weighted by atomic mass is 10.3. The van der Waals surface area contributed by atoms with Gasteiger partial charge in [-0.05, 0) is 6.42 Å². The molecule has 0 atom stereocenters. The Kier molecular flexibility index (Phi) is 5.32. The van der Waals surface area contributed by atoms with Crippen molar-refractivity contribution in [3.8, 4) is 0 Å². The molecule has 0 bridgehead atoms. The van der Waals surface area contributed by atoms with Gasteiger partial charge in [0.1, 0.15) is 0 Å². The van der Waals surface area contributed by atoms with Crippen molar-refractivity contribution in [3.05, 3.63) is 4.91 Å². The number of carbonyl (C=O) groups is 1. The van der Waals surface area contributed by atoms with Gasteiger partial charge in [0.05, 0.1) is 5.29 Å². The van der Waals surface area contributed by atoms with Crippen LogP contribution in [0.2, 0.25) is 0 Å². The van der Waals surface area contributed by atoms with Crippen molar-refractivity contribution in [2.75, 3.05) is 6.54 Å². The predicted octanol–water partition coefficient (Wildman–Crippen LogP) is 0.767. The van der Waals surface area contributed by atoms with Crippen molar-refractivity contribution < 1.29 is 4.79 Å². The first-order valence-electron chi connectivity index (χ1n) is 3.17. The largest absolute Gasteiger partial charge is 0.337 e. The molecule has 0 radical (unpaired) electrons. The SMILES string of the molecule is CCCCNC(=O)NN=O. The van der Waals surface area contributed by atoms with Gasteiger partial charge in [-0.2, -0.15) is 5.43 Å². The Morgan fingerprint density at radius 1 is 1.60 bits per heavy atom. The summed E-state index contributed by atoms with van der Waals surface area (Å²) in [6, 6.07) is -0.538. The molecule has 0 heterocycles. The van der Waals surface area contributed by atoms with Crippen LogP contribution in [0.3, 0.4) is 0 Å². The lowest BCUT2D eigenvalue weighted by Gasteiger charge is -1.99. The highest BCUT2D eigenvalue weighted by molar-refractivity contribution is 5.73. The molecule has 2 N–H and O–H groups in total. The van der Waals surface area contributed by atoms with Gasteiger partial charge in [-0.1, -0.05) is 13.3 Å². The van der Waals surface area contributed by atoms with E-state index in [1.165, 1.54) is 0 Å². The number of hydrogen-bond acceptors (Lipinski definition) is 3. The fraction of sp³-hybridized carbons (Fsp3) is 0.800. The smallest absolute Gasteiger partial charge is 0.337 e. The van der Waals surface area contributed by atoms with E-state index in [4.69, 9.17) is 0 Å². The monoisotopic (exact) mass is 145 g/mol. The second-order valence-electron chi connectivity index (χ2n) is 1.81. The van der Waals surface area contributed by atoms with Gasteiger partial charge in [-0.15, -0.1) is 4.91 Å². The van der Waals surface area contributed by atoms with E-state index in [9.17, 15) is 9.70 Å². The summed E-state index contributed by atoms with van der Waals surface area (Å²) in [5, 5.41) is 4.64. The fourth-order valence-electron chi connectivity index (χ4n) is 0.460. The Bertz CT molecular complexity index is 115. The number of nitrogens with zero attached hydrogens (tertiary/aromatic N) is 1. The molecule has 0 saturated heterocycles. The van der Waals surface area contributed by atoms with Crippen LogP contribution in [-0.4, -0.2) is 12.6 Å². The van der Waals surface area contributed by atoms with Crippen LogP contribution in [0, 0.1) is 4.91 Å². The number of amides is 2. The third kappa shape index (κ3) is 5.02. The highest BCUT2D eigenvalue weighted by atomic mass is 16.3. The average molecular weight is 145 g/mol. The van der Waals surface area contributed by atoms with Gasteiger partial charge in [0.25, 0.3) is 0 Å². The van der Waals surface area contributed by atoms with Crippen LogP contribution in [-0.2, 0) is 0 Å². The normalized spacial score (nSPS) is 8.50. The van der Waals surface area contributed by atoms with Crippen molar-refractivity contribution in [3.63, 3.8) is 0 Å². The molecule has 0 spiro atoms. The molecule has 5 nitrogen and oxygen atoms in total. The second-order valence-corrected chi connectivity index (χ2v) is 1.81. The quantitative estimate of drug-likeness (QED) is 0.348. The van der Waals surface area contributed by atoms with Gasteiger partial charge in [-0.25, -0.2) is 4.79 Å². The first-order chi connectivity index (χ1) is 4.81. The van der Waals surface area contributed by atoms with Gasteiger partial charge < -0.3 is 5.32 Å². The highest BCUT2D eigenvalue weighted by Crippen LogP contribution is 1.81. The van der Waals surface area contributed by atoms with Crippen molar-refractivity contribution in [1.29, 1.82) is 0 Å². The maximum absolute atomic E-state index is 10.4. The second kappa shape index (κ2) is 6.00. The Labute approximate surface area is 59.1 Å². The topological polar surface area (TPSA) is 70.6 Å². The molecule has 0 aliphatic carbocycles. The number of urea groups is 1. The van der Waals surface area contributed by atoms with Crippen LogP contribution in [0.4, 0.5) is 4.79 Å². The minimum absolute atomic E-state index is 0.538. The van der Waals surface area contributed by atoms with Crippen LogP contribution in [0.5, 0.6) is 0 Å². The van der Waals surface area contributed by atoms with Gasteiger partial charge in [0.2, 0.25) is 0 Å². The Morgan fingerprint density at radius 3 is 2.80 bits per heavy atom. The van der Waals surface area contributed by atoms with Crippen molar-refractivity contribution >= 4 is 6.03 Å². The molecule has 0 fully saturated rings. The number of nitroso groups, excluding NO2 is 1. The predicted molar refractivity (Wildman–Crippen MR) is 37.2 cm³/mol. The highest BCUT2D eigenvalue weighted by Gasteiger charge is 1.94. The van der Waals surface area contributed by atoms with E-state index in [2.05, 4.69) is 10.6 Å². The lowest BCUT2D eigenvalue weighted by Crippen LogP contribution is -2.32. The van der Waals surface area contributed by atoms with Crippen molar-refractivity contribution in [2.45, 2.75) is 19.8 Å². The standard InChI is InChI=1S/C5H11N3O2/c1-2-3-4-6-5(9)7-8-10/h2-4H2,1H3,(H2,6,7,9,10). The average Bonchev–Trinajstić information content (AvgIpc) is 1.89. The zero-order chi connectivity index (χ0) is 7.82. The van der Waals surface area contributed by atoms with Gasteiger partial charge in [-0.3, -0.25) is 0 Å². The van der Waals surface area contributed by atoms with E-state index in [1.54, 1.807) is 5.43 Å². The molecule has 2 amide bonds. The minimum Gasteiger partial charge on any atom is -0.337 e. The van der Waals surface area contributed by atoms with Crippen molar-refractivity contribution in [2.24, 2.45) is 5.29 Å². The molecule has 0 unspecified atom stereocenters. The maximum atomic E-state index is 10.4. The van der Waals surface area contributed by atoms with Gasteiger partial charge in [0.15, 0.2) is 0 Å². The van der Waals surface area contributed by atoms with Crippen LogP contribution in [0.15, 0.2) is 5.29 Å². The first kappa shape index (κ1) is 8.87. The van der Waals surface area contributed by atoms with Crippen LogP contribution < -0.4 is 10.7 Å². The molecule has 0 aromatic heterocycles. The Balaban J connectivity index is 3.13. The molecule has 0 aliphatic rings. The number of hydrogen-bond donors (Lipinski definition) is 2. The molecular formula is C5H11N3O2. The van der Waals surface area contributed by atoms with E-state index in [0.29, 0.717) is 6.54 Å². The summed E-state index contributed by atoms with van der Waals surface area (Å²) >= 11 is 0. The molecule has 0 aliphatic heterocycles. The molecule has 10 heavy (non-hydrogen) atoms. The first-order valence-corrected chi connectivity index (χ1v) is 3.17. The Morgan fingerprint density at radius 2 is 2.30 bits per heavy atom. The van der Waals surface area contributed by atoms with Crippen LogP contribution in [0.1, 0.15) is 19.8 Å². The van der Waals surface area contributed by atoms with E-state index in [0.717, 1.165) is 12.8 Å². The molecule has 0 aromatic rings. The zero-order valence-corrected chi connectivity index (χ0v) is 5.89.